The zero-order chi connectivity index (χ0) is 12.2. The molecule has 0 aliphatic heterocycles. The standard InChI is InChI=1S/C12H15F3O/c1-11(16,9-12(13,14)15)8-7-10-5-3-2-4-6-10/h2-6,16H,7-9H2,1H3/t11-/m1/s1. The van der Waals surface area contributed by atoms with Crippen LogP contribution in [0.5, 0.6) is 0 Å². The molecule has 0 saturated heterocycles. The van der Waals surface area contributed by atoms with Gasteiger partial charge in [0.25, 0.3) is 0 Å². The van der Waals surface area contributed by atoms with Crippen molar-refractivity contribution in [2.24, 2.45) is 0 Å². The van der Waals surface area contributed by atoms with E-state index in [4.69, 9.17) is 0 Å². The average Bonchev–Trinajstić information content (AvgIpc) is 2.13. The summed E-state index contributed by atoms with van der Waals surface area (Å²) in [4.78, 5) is 0. The van der Waals surface area contributed by atoms with Gasteiger partial charge in [-0.05, 0) is 25.3 Å². The highest BCUT2D eigenvalue weighted by atomic mass is 19.4. The Hall–Kier alpha value is -1.03. The lowest BCUT2D eigenvalue weighted by molar-refractivity contribution is -0.173. The third kappa shape index (κ3) is 5.16. The Morgan fingerprint density at radius 1 is 1.12 bits per heavy atom. The summed E-state index contributed by atoms with van der Waals surface area (Å²) in [7, 11) is 0. The van der Waals surface area contributed by atoms with E-state index in [2.05, 4.69) is 0 Å². The Labute approximate surface area is 92.9 Å². The van der Waals surface area contributed by atoms with Crippen LogP contribution in [0.4, 0.5) is 13.2 Å². The lowest BCUT2D eigenvalue weighted by atomic mass is 9.93. The number of aliphatic hydroxyl groups is 1. The molecule has 1 rings (SSSR count). The zero-order valence-electron chi connectivity index (χ0n) is 9.09. The van der Waals surface area contributed by atoms with Crippen molar-refractivity contribution in [2.45, 2.75) is 38.0 Å². The number of benzene rings is 1. The Kier molecular flexibility index (Phi) is 3.97. The minimum Gasteiger partial charge on any atom is -0.390 e. The van der Waals surface area contributed by atoms with Crippen LogP contribution in [0.1, 0.15) is 25.3 Å². The van der Waals surface area contributed by atoms with Crippen molar-refractivity contribution < 1.29 is 18.3 Å². The normalized spacial score (nSPS) is 15.8. The molecule has 0 unspecified atom stereocenters. The summed E-state index contributed by atoms with van der Waals surface area (Å²) in [6.07, 6.45) is -4.92. The second-order valence-corrected chi connectivity index (χ2v) is 4.27. The molecule has 0 amide bonds. The minimum absolute atomic E-state index is 0.108. The average molecular weight is 232 g/mol. The molecule has 1 N–H and O–H groups in total. The smallest absolute Gasteiger partial charge is 0.390 e. The van der Waals surface area contributed by atoms with Crippen LogP contribution in [-0.2, 0) is 6.42 Å². The van der Waals surface area contributed by atoms with Gasteiger partial charge in [0.15, 0.2) is 0 Å². The maximum absolute atomic E-state index is 12.1. The molecule has 0 aromatic heterocycles. The number of alkyl halides is 3. The largest absolute Gasteiger partial charge is 0.391 e. The quantitative estimate of drug-likeness (QED) is 0.844. The Morgan fingerprint density at radius 2 is 1.69 bits per heavy atom. The van der Waals surface area contributed by atoms with Gasteiger partial charge in [0.1, 0.15) is 0 Å². The van der Waals surface area contributed by atoms with Crippen LogP contribution in [0.25, 0.3) is 0 Å². The second-order valence-electron chi connectivity index (χ2n) is 4.27. The summed E-state index contributed by atoms with van der Waals surface area (Å²) >= 11 is 0. The van der Waals surface area contributed by atoms with E-state index in [9.17, 15) is 18.3 Å². The van der Waals surface area contributed by atoms with E-state index in [-0.39, 0.29) is 6.42 Å². The van der Waals surface area contributed by atoms with E-state index < -0.39 is 18.2 Å². The summed E-state index contributed by atoms with van der Waals surface area (Å²) in [5.41, 5.74) is -0.751. The molecule has 0 aliphatic carbocycles. The molecule has 1 atom stereocenters. The fourth-order valence-corrected chi connectivity index (χ4v) is 1.58. The predicted molar refractivity (Wildman–Crippen MR) is 56.1 cm³/mol. The summed E-state index contributed by atoms with van der Waals surface area (Å²) < 4.78 is 36.4. The summed E-state index contributed by atoms with van der Waals surface area (Å²) in [6.45, 7) is 1.23. The molecule has 0 bridgehead atoms. The second kappa shape index (κ2) is 4.87. The summed E-state index contributed by atoms with van der Waals surface area (Å²) in [5.74, 6) is 0. The van der Waals surface area contributed by atoms with Gasteiger partial charge in [0.05, 0.1) is 12.0 Å². The van der Waals surface area contributed by atoms with Crippen LogP contribution >= 0.6 is 0 Å². The van der Waals surface area contributed by atoms with Gasteiger partial charge in [0, 0.05) is 0 Å². The molecule has 0 saturated carbocycles. The van der Waals surface area contributed by atoms with Gasteiger partial charge in [0.2, 0.25) is 0 Å². The topological polar surface area (TPSA) is 20.2 Å². The molecule has 16 heavy (non-hydrogen) atoms. The number of aryl methyl sites for hydroxylation is 1. The molecule has 0 heterocycles. The van der Waals surface area contributed by atoms with Crippen molar-refractivity contribution in [3.05, 3.63) is 35.9 Å². The lowest BCUT2D eigenvalue weighted by Crippen LogP contribution is -2.31. The van der Waals surface area contributed by atoms with Crippen LogP contribution in [-0.4, -0.2) is 16.9 Å². The minimum atomic E-state index is -4.32. The first-order chi connectivity index (χ1) is 7.29. The number of rotatable bonds is 4. The van der Waals surface area contributed by atoms with E-state index in [0.717, 1.165) is 5.56 Å². The molecular weight excluding hydrogens is 217 g/mol. The monoisotopic (exact) mass is 232 g/mol. The maximum atomic E-state index is 12.1. The summed E-state index contributed by atoms with van der Waals surface area (Å²) in [6, 6.07) is 9.17. The van der Waals surface area contributed by atoms with E-state index in [1.165, 1.54) is 6.92 Å². The fourth-order valence-electron chi connectivity index (χ4n) is 1.58. The van der Waals surface area contributed by atoms with Crippen molar-refractivity contribution in [2.75, 3.05) is 0 Å². The van der Waals surface area contributed by atoms with Gasteiger partial charge in [-0.15, -0.1) is 0 Å². The van der Waals surface area contributed by atoms with Crippen molar-refractivity contribution in [1.82, 2.24) is 0 Å². The fraction of sp³-hybridized carbons (Fsp3) is 0.500. The molecule has 1 aromatic rings. The van der Waals surface area contributed by atoms with Crippen molar-refractivity contribution in [3.8, 4) is 0 Å². The van der Waals surface area contributed by atoms with Crippen LogP contribution in [0.3, 0.4) is 0 Å². The zero-order valence-corrected chi connectivity index (χ0v) is 9.09. The Bertz CT molecular complexity index is 317. The van der Waals surface area contributed by atoms with Crippen LogP contribution in [0.2, 0.25) is 0 Å². The highest BCUT2D eigenvalue weighted by Crippen LogP contribution is 2.30. The summed E-state index contributed by atoms with van der Waals surface area (Å²) in [5, 5.41) is 9.59. The first kappa shape index (κ1) is 13.0. The van der Waals surface area contributed by atoms with Gasteiger partial charge < -0.3 is 5.11 Å². The van der Waals surface area contributed by atoms with E-state index in [1.54, 1.807) is 0 Å². The van der Waals surface area contributed by atoms with Crippen LogP contribution < -0.4 is 0 Å². The van der Waals surface area contributed by atoms with Crippen LogP contribution in [0.15, 0.2) is 30.3 Å². The van der Waals surface area contributed by atoms with Gasteiger partial charge in [-0.1, -0.05) is 30.3 Å². The van der Waals surface area contributed by atoms with Gasteiger partial charge in [-0.3, -0.25) is 0 Å². The number of halogens is 3. The number of hydrogen-bond donors (Lipinski definition) is 1. The van der Waals surface area contributed by atoms with Crippen LogP contribution in [0, 0.1) is 0 Å². The Balaban J connectivity index is 2.48. The molecule has 1 nitrogen and oxygen atoms in total. The van der Waals surface area contributed by atoms with Gasteiger partial charge in [-0.2, -0.15) is 13.2 Å². The predicted octanol–water partition coefficient (Wildman–Crippen LogP) is 3.32. The van der Waals surface area contributed by atoms with E-state index in [1.807, 2.05) is 30.3 Å². The van der Waals surface area contributed by atoms with E-state index >= 15 is 0 Å². The lowest BCUT2D eigenvalue weighted by Gasteiger charge is -2.24. The molecular formula is C12H15F3O. The molecule has 4 heteroatoms. The first-order valence-corrected chi connectivity index (χ1v) is 5.12. The molecule has 0 spiro atoms. The Morgan fingerprint density at radius 3 is 2.19 bits per heavy atom. The van der Waals surface area contributed by atoms with Gasteiger partial charge in [-0.25, -0.2) is 0 Å². The highest BCUT2D eigenvalue weighted by molar-refractivity contribution is 5.15. The third-order valence-corrected chi connectivity index (χ3v) is 2.38. The molecule has 90 valence electrons. The van der Waals surface area contributed by atoms with Crippen molar-refractivity contribution in [3.63, 3.8) is 0 Å². The number of hydrogen-bond acceptors (Lipinski definition) is 1. The molecule has 0 aliphatic rings. The SMILES string of the molecule is C[C@@](O)(CCc1ccccc1)CC(F)(F)F. The third-order valence-electron chi connectivity index (χ3n) is 2.38. The van der Waals surface area contributed by atoms with Crippen molar-refractivity contribution in [1.29, 1.82) is 0 Å². The molecule has 0 fully saturated rings. The molecule has 1 aromatic carbocycles. The van der Waals surface area contributed by atoms with Gasteiger partial charge >= 0.3 is 6.18 Å². The maximum Gasteiger partial charge on any atom is 0.391 e. The molecule has 0 radical (unpaired) electrons. The van der Waals surface area contributed by atoms with E-state index in [0.29, 0.717) is 6.42 Å². The first-order valence-electron chi connectivity index (χ1n) is 5.12. The van der Waals surface area contributed by atoms with Crippen molar-refractivity contribution >= 4 is 0 Å². The highest BCUT2D eigenvalue weighted by Gasteiger charge is 2.37.